The zero-order chi connectivity index (χ0) is 54.3. The van der Waals surface area contributed by atoms with Gasteiger partial charge in [-0.15, -0.1) is 0 Å². The van der Waals surface area contributed by atoms with Crippen molar-refractivity contribution in [2.24, 2.45) is 19.2 Å². The normalized spacial score (nSPS) is 15.7. The molecule has 0 spiro atoms. The smallest absolute Gasteiger partial charge is 0.355 e. The van der Waals surface area contributed by atoms with Crippen molar-refractivity contribution in [3.8, 4) is 22.6 Å². The molecule has 0 aliphatic carbocycles. The third-order valence-corrected chi connectivity index (χ3v) is 14.4. The van der Waals surface area contributed by atoms with E-state index in [1.807, 2.05) is 81.2 Å². The largest absolute Gasteiger partial charge is 0.599 e. The quantitative estimate of drug-likeness (QED) is 0.0259. The Labute approximate surface area is 442 Å². The van der Waals surface area contributed by atoms with Crippen LogP contribution >= 0.6 is 11.6 Å². The maximum Gasteiger partial charge on any atom is 0.355 e. The number of hydroxylamine groups is 1. The fourth-order valence-electron chi connectivity index (χ4n) is 10.1. The highest BCUT2D eigenvalue weighted by Gasteiger charge is 2.36. The molecule has 398 valence electrons. The highest BCUT2D eigenvalue weighted by Crippen LogP contribution is 2.43. The minimum atomic E-state index is -1.35. The molecular formula is C55H60ClFN10O9. The number of carbonyl (C=O) groups excluding carboxylic acids is 5. The third kappa shape index (κ3) is 10.9. The summed E-state index contributed by atoms with van der Waals surface area (Å²) >= 11 is 7.20. The van der Waals surface area contributed by atoms with E-state index in [0.29, 0.717) is 86.5 Å². The molecule has 7 aromatic rings. The number of aryl methyl sites for hydroxylation is 5. The molecule has 0 radical (unpaired) electrons. The van der Waals surface area contributed by atoms with Crippen LogP contribution in [0.1, 0.15) is 83.7 Å². The standard InChI is InChI=1S/C55H60ClFN10O9/c1-31-47(32(2)63(8)60-31)48-41(56)17-16-39-38(12-10-26-74-44-13-9-11-34-27-35(57)14-15-37(34)44)51(54(72)76-55(4,5)6)66(50(39)48)25-22-64-20-23-65(24-21-64)46(69)30-75-36-28-40(49-43(29-36)62(7)33(3)58-49)52(70)61-67(73)42-18-19-45(68)59-53(42)71/h9,11,13-17,27-29,42H,10,12,18-26,30H2,1-8H3,(H,59,68,71). The number of imidazole rings is 1. The van der Waals surface area contributed by atoms with Gasteiger partial charge in [-0.3, -0.25) is 34.1 Å². The maximum atomic E-state index is 14.7. The Kier molecular flexibility index (Phi) is 15.0. The van der Waals surface area contributed by atoms with Gasteiger partial charge in [-0.25, -0.2) is 14.2 Å². The highest BCUT2D eigenvalue weighted by molar-refractivity contribution is 6.35. The lowest BCUT2D eigenvalue weighted by molar-refractivity contribution is -0.550. The van der Waals surface area contributed by atoms with Gasteiger partial charge in [0.2, 0.25) is 5.91 Å². The molecule has 2 saturated heterocycles. The van der Waals surface area contributed by atoms with E-state index in [2.05, 4.69) is 20.3 Å². The number of amides is 4. The van der Waals surface area contributed by atoms with Crippen LogP contribution in [0.15, 0.2) is 65.8 Å². The van der Waals surface area contributed by atoms with Crippen LogP contribution < -0.4 is 14.8 Å². The van der Waals surface area contributed by atoms with Crippen molar-refractivity contribution >= 4 is 73.9 Å². The number of rotatable bonds is 15. The lowest BCUT2D eigenvalue weighted by atomic mass is 9.98. The Bertz CT molecular complexity index is 3510. The van der Waals surface area contributed by atoms with Crippen molar-refractivity contribution in [3.05, 3.63) is 111 Å². The van der Waals surface area contributed by atoms with Crippen molar-refractivity contribution < 1.29 is 47.4 Å². The van der Waals surface area contributed by atoms with Gasteiger partial charge in [0.25, 0.3) is 17.9 Å². The lowest BCUT2D eigenvalue weighted by Crippen LogP contribution is -2.50. The molecule has 1 unspecified atom stereocenters. The van der Waals surface area contributed by atoms with E-state index in [0.717, 1.165) is 49.8 Å². The molecule has 9 rings (SSSR count). The van der Waals surface area contributed by atoms with Gasteiger partial charge in [0.15, 0.2) is 6.61 Å². The number of halogens is 2. The molecule has 2 fully saturated rings. The molecule has 2 aliphatic heterocycles. The summed E-state index contributed by atoms with van der Waals surface area (Å²) < 4.78 is 38.2. The van der Waals surface area contributed by atoms with Gasteiger partial charge in [-0.1, -0.05) is 34.7 Å². The number of piperidine rings is 1. The van der Waals surface area contributed by atoms with Gasteiger partial charge in [0.1, 0.15) is 40.0 Å². The molecular weight excluding hydrogens is 999 g/mol. The van der Waals surface area contributed by atoms with Crippen molar-refractivity contribution in [1.29, 1.82) is 0 Å². The molecule has 1 N–H and O–H groups in total. The Hall–Kier alpha value is -7.71. The number of carbonyl (C=O) groups is 5. The SMILES string of the molecule is Cc1nn(C)c(C)c1-c1c(Cl)ccc2c(CCCOc3cccc4cc(F)ccc34)c(C(=O)OC(C)(C)C)n(CCN3CCN(C(=O)COc4cc(C(=O)N=[N+]([O-])C5CCC(=O)NC5=O)c5nc(C)n(C)c5c4)CC3)c12. The van der Waals surface area contributed by atoms with Crippen LogP contribution in [0.3, 0.4) is 0 Å². The minimum Gasteiger partial charge on any atom is -0.599 e. The molecule has 21 heteroatoms. The highest BCUT2D eigenvalue weighted by atomic mass is 35.5. The number of fused-ring (bicyclic) bond motifs is 3. The first-order valence-electron chi connectivity index (χ1n) is 25.2. The molecule has 0 bridgehead atoms. The van der Waals surface area contributed by atoms with Crippen molar-refractivity contribution in [2.45, 2.75) is 85.4 Å². The minimum absolute atomic E-state index is 0.0102. The Morgan fingerprint density at radius 2 is 1.70 bits per heavy atom. The number of ether oxygens (including phenoxy) is 3. The first kappa shape index (κ1) is 53.1. The predicted octanol–water partition coefficient (Wildman–Crippen LogP) is 7.90. The van der Waals surface area contributed by atoms with Crippen molar-refractivity contribution in [2.75, 3.05) is 45.9 Å². The van der Waals surface area contributed by atoms with Crippen LogP contribution in [-0.2, 0) is 46.2 Å². The second-order valence-corrected chi connectivity index (χ2v) is 20.7. The number of nitrogens with one attached hydrogen (secondary N) is 1. The van der Waals surface area contributed by atoms with E-state index < -0.39 is 35.3 Å². The summed E-state index contributed by atoms with van der Waals surface area (Å²) in [5.74, 6) is -2.04. The molecule has 5 heterocycles. The van der Waals surface area contributed by atoms with Crippen LogP contribution in [0, 0.1) is 31.8 Å². The second kappa shape index (κ2) is 21.5. The fraction of sp³-hybridized carbons (Fsp3) is 0.400. The van der Waals surface area contributed by atoms with Crippen LogP contribution in [0.25, 0.3) is 43.8 Å². The number of imide groups is 1. The summed E-state index contributed by atoms with van der Waals surface area (Å²) in [6.07, 6.45) is 0.830. The molecule has 76 heavy (non-hydrogen) atoms. The number of benzene rings is 4. The summed E-state index contributed by atoms with van der Waals surface area (Å²) in [7, 11) is 3.63. The van der Waals surface area contributed by atoms with E-state index in [1.165, 1.54) is 18.2 Å². The number of piperazine rings is 1. The molecule has 4 aromatic carbocycles. The second-order valence-electron chi connectivity index (χ2n) is 20.3. The Balaban J connectivity index is 0.939. The van der Waals surface area contributed by atoms with Crippen LogP contribution in [-0.4, -0.2) is 126 Å². The van der Waals surface area contributed by atoms with Crippen molar-refractivity contribution in [3.63, 3.8) is 0 Å². The zero-order valence-corrected chi connectivity index (χ0v) is 44.5. The van der Waals surface area contributed by atoms with E-state index in [4.69, 9.17) is 30.9 Å². The van der Waals surface area contributed by atoms with E-state index in [9.17, 15) is 33.6 Å². The lowest BCUT2D eigenvalue weighted by Gasteiger charge is -2.35. The molecule has 19 nitrogen and oxygen atoms in total. The van der Waals surface area contributed by atoms with E-state index >= 15 is 0 Å². The molecule has 0 saturated carbocycles. The number of esters is 1. The monoisotopic (exact) mass is 1060 g/mol. The topological polar surface area (TPSA) is 211 Å². The number of nitrogens with zero attached hydrogens (tertiary/aromatic N) is 9. The van der Waals surface area contributed by atoms with Gasteiger partial charge in [-0.2, -0.15) is 5.10 Å². The molecule has 1 atom stereocenters. The summed E-state index contributed by atoms with van der Waals surface area (Å²) in [6.45, 7) is 13.8. The third-order valence-electron chi connectivity index (χ3n) is 14.1. The maximum absolute atomic E-state index is 14.7. The fourth-order valence-corrected chi connectivity index (χ4v) is 10.4. The summed E-state index contributed by atoms with van der Waals surface area (Å²) in [6, 6.07) is 15.6. The Morgan fingerprint density at radius 1 is 0.947 bits per heavy atom. The number of azo groups is 1. The van der Waals surface area contributed by atoms with Crippen LogP contribution in [0.2, 0.25) is 5.02 Å². The van der Waals surface area contributed by atoms with Gasteiger partial charge < -0.3 is 33.5 Å². The Morgan fingerprint density at radius 3 is 2.41 bits per heavy atom. The van der Waals surface area contributed by atoms with Gasteiger partial charge in [-0.05, 0) is 102 Å². The molecule has 4 amide bonds. The van der Waals surface area contributed by atoms with Crippen molar-refractivity contribution in [1.82, 2.24) is 39.0 Å². The van der Waals surface area contributed by atoms with Gasteiger partial charge in [0, 0.05) is 99.9 Å². The van der Waals surface area contributed by atoms with Crippen LogP contribution in [0.5, 0.6) is 11.5 Å². The van der Waals surface area contributed by atoms with Crippen LogP contribution in [0.4, 0.5) is 4.39 Å². The summed E-state index contributed by atoms with van der Waals surface area (Å²) in [5.41, 5.74) is 5.19. The molecule has 2 aliphatic rings. The van der Waals surface area contributed by atoms with E-state index in [1.54, 1.807) is 35.6 Å². The summed E-state index contributed by atoms with van der Waals surface area (Å²) in [5, 5.41) is 26.2. The molecule has 3 aromatic heterocycles. The average molecular weight is 1060 g/mol. The zero-order valence-electron chi connectivity index (χ0n) is 43.8. The average Bonchev–Trinajstić information content (AvgIpc) is 3.95. The van der Waals surface area contributed by atoms with E-state index in [-0.39, 0.29) is 52.9 Å². The first-order chi connectivity index (χ1) is 36.2. The first-order valence-corrected chi connectivity index (χ1v) is 25.6. The number of aromatic nitrogens is 5. The summed E-state index contributed by atoms with van der Waals surface area (Å²) in [4.78, 5) is 74.3. The predicted molar refractivity (Wildman–Crippen MR) is 282 cm³/mol. The number of hydrogen-bond donors (Lipinski definition) is 1. The van der Waals surface area contributed by atoms with Gasteiger partial charge in [0.05, 0.1) is 39.0 Å². The number of hydrogen-bond acceptors (Lipinski definition) is 12. The van der Waals surface area contributed by atoms with Gasteiger partial charge >= 0.3 is 11.9 Å².